The van der Waals surface area contributed by atoms with Crippen molar-refractivity contribution in [3.05, 3.63) is 24.3 Å². The molecule has 1 fully saturated rings. The summed E-state index contributed by atoms with van der Waals surface area (Å²) in [5.41, 5.74) is 2.39. The number of para-hydroxylation sites is 2. The molecule has 0 bridgehead atoms. The van der Waals surface area contributed by atoms with Crippen LogP contribution in [0.1, 0.15) is 13.8 Å². The van der Waals surface area contributed by atoms with Gasteiger partial charge in [0.15, 0.2) is 0 Å². The summed E-state index contributed by atoms with van der Waals surface area (Å²) in [4.78, 5) is 4.66. The molecule has 2 aliphatic rings. The predicted molar refractivity (Wildman–Crippen MR) is 116 cm³/mol. The molecule has 0 aliphatic carbocycles. The predicted octanol–water partition coefficient (Wildman–Crippen LogP) is -0.989. The molecule has 103 valence electrons. The highest BCUT2D eigenvalue weighted by molar-refractivity contribution is 7.76. The maximum Gasteiger partial charge on any atom is 0.247 e. The highest BCUT2D eigenvalue weighted by Gasteiger charge is 2.72. The number of nitrogens with zero attached hydrogens (tertiary/aromatic N) is 2. The van der Waals surface area contributed by atoms with Crippen LogP contribution in [0.4, 0.5) is 11.4 Å². The van der Waals surface area contributed by atoms with Crippen LogP contribution in [0.25, 0.3) is 0 Å². The SMILES string of the molecule is [B][B]B(B([B])[B])C1(B([B])[B])B(N2c3ccccc3N(C)[C@@H]2C)[C@@H]1C. The normalized spacial score (nSPS) is 27.7. The Morgan fingerprint density at radius 3 is 2.21 bits per heavy atom. The summed E-state index contributed by atoms with van der Waals surface area (Å²) in [6.45, 7) is 3.67. The molecule has 11 radical (unpaired) electrons. The first-order chi connectivity index (χ1) is 11.3. The van der Waals surface area contributed by atoms with Gasteiger partial charge in [0.1, 0.15) is 0 Å². The highest BCUT2D eigenvalue weighted by atomic mass is 15.4. The van der Waals surface area contributed by atoms with Crippen molar-refractivity contribution in [3.63, 3.8) is 0 Å². The Kier molecular flexibility index (Phi) is 4.81. The van der Waals surface area contributed by atoms with Crippen LogP contribution in [0.2, 0.25) is 10.9 Å². The van der Waals surface area contributed by atoms with E-state index in [2.05, 4.69) is 54.9 Å². The number of benzene rings is 1. The summed E-state index contributed by atoms with van der Waals surface area (Å²) in [5.74, 6) is 0.235. The lowest BCUT2D eigenvalue weighted by Gasteiger charge is -2.36. The third kappa shape index (κ3) is 2.31. The molecule has 0 aromatic heterocycles. The minimum Gasteiger partial charge on any atom is -0.396 e. The van der Waals surface area contributed by atoms with E-state index in [1.807, 2.05) is 0 Å². The Morgan fingerprint density at radius 1 is 1.12 bits per heavy atom. The first kappa shape index (κ1) is 18.3. The van der Waals surface area contributed by atoms with Gasteiger partial charge in [-0.2, -0.15) is 0 Å². The number of hydrogen-bond acceptors (Lipinski definition) is 2. The Labute approximate surface area is 155 Å². The van der Waals surface area contributed by atoms with Gasteiger partial charge in [-0.05, 0) is 19.1 Å². The van der Waals surface area contributed by atoms with Gasteiger partial charge in [-0.1, -0.05) is 24.9 Å². The van der Waals surface area contributed by atoms with Gasteiger partial charge in [0.05, 0.1) is 11.9 Å². The van der Waals surface area contributed by atoms with Crippen molar-refractivity contribution < 1.29 is 0 Å². The molecule has 0 N–H and O–H groups in total. The zero-order valence-electron chi connectivity index (χ0n) is 14.6. The van der Waals surface area contributed by atoms with E-state index in [-0.39, 0.29) is 25.3 Å². The zero-order chi connectivity index (χ0) is 17.8. The Hall–Kier alpha value is -0.531. The molecule has 2 heterocycles. The summed E-state index contributed by atoms with van der Waals surface area (Å²) < 4.78 is 0. The van der Waals surface area contributed by atoms with Crippen molar-refractivity contribution >= 4 is 83.3 Å². The second-order valence-corrected chi connectivity index (χ2v) is 7.19. The fraction of sp³-hybridized carbons (Fsp3) is 0.500. The van der Waals surface area contributed by atoms with Gasteiger partial charge in [-0.15, -0.1) is 5.11 Å². The number of rotatable bonds is 5. The molecule has 0 amide bonds. The summed E-state index contributed by atoms with van der Waals surface area (Å²) in [6, 6.07) is 8.37. The summed E-state index contributed by atoms with van der Waals surface area (Å²) in [6.07, 6.45) is -0.397. The van der Waals surface area contributed by atoms with Gasteiger partial charge >= 0.3 is 0 Å². The number of hydrogen-bond donors (Lipinski definition) is 0. The van der Waals surface area contributed by atoms with Crippen LogP contribution in [0.5, 0.6) is 0 Å². The van der Waals surface area contributed by atoms with Crippen LogP contribution in [-0.4, -0.2) is 85.2 Å². The molecule has 1 saturated heterocycles. The maximum atomic E-state index is 6.25. The average Bonchev–Trinajstić information content (AvgIpc) is 3.05. The monoisotopic (exact) mass is 297 g/mol. The Morgan fingerprint density at radius 2 is 1.71 bits per heavy atom. The molecule has 2 nitrogen and oxygen atoms in total. The van der Waals surface area contributed by atoms with E-state index in [0.29, 0.717) is 0 Å². The van der Waals surface area contributed by atoms with E-state index in [4.69, 9.17) is 38.7 Å². The molecule has 1 aromatic rings. The minimum atomic E-state index is -0.595. The molecule has 12 heteroatoms. The van der Waals surface area contributed by atoms with E-state index in [9.17, 15) is 0 Å². The van der Waals surface area contributed by atoms with Crippen LogP contribution < -0.4 is 9.71 Å². The van der Waals surface area contributed by atoms with Crippen molar-refractivity contribution in [1.29, 1.82) is 0 Å². The first-order valence-electron chi connectivity index (χ1n) is 8.47. The van der Waals surface area contributed by atoms with Gasteiger partial charge in [0, 0.05) is 77.9 Å². The van der Waals surface area contributed by atoms with Crippen molar-refractivity contribution in [2.24, 2.45) is 0 Å². The van der Waals surface area contributed by atoms with E-state index in [1.165, 1.54) is 11.4 Å². The van der Waals surface area contributed by atoms with Crippen molar-refractivity contribution in [2.45, 2.75) is 30.9 Å². The molecule has 3 atom stereocenters. The minimum absolute atomic E-state index is 0.137. The van der Waals surface area contributed by atoms with Crippen LogP contribution in [0, 0.1) is 0 Å². The molecular formula is C12H15B10N2. The van der Waals surface area contributed by atoms with Gasteiger partial charge in [0.2, 0.25) is 6.85 Å². The van der Waals surface area contributed by atoms with E-state index in [0.717, 1.165) is 0 Å². The standard InChI is InChI=1S/C12H15B10N2/c1-8-12(20(14)15,21(18-13)22(16)17)19(8)24-9(2)23(3)10-6-4-5-7-11(10)24/h4-9H,1-3H3/t8-,9+,12?/m1/s1. The van der Waals surface area contributed by atoms with Crippen LogP contribution >= 0.6 is 0 Å². The van der Waals surface area contributed by atoms with Gasteiger partial charge in [-0.25, -0.2) is 0 Å². The smallest absolute Gasteiger partial charge is 0.247 e. The molecule has 2 aliphatic heterocycles. The lowest BCUT2D eigenvalue weighted by Crippen LogP contribution is -2.57. The van der Waals surface area contributed by atoms with E-state index < -0.39 is 18.0 Å². The molecule has 3 rings (SSSR count). The highest BCUT2D eigenvalue weighted by Crippen LogP contribution is 2.68. The fourth-order valence-electron chi connectivity index (χ4n) is 4.87. The Bertz CT molecular complexity index is 615. The van der Waals surface area contributed by atoms with Gasteiger partial charge in [-0.3, -0.25) is 0 Å². The number of fused-ring (bicyclic) bond motifs is 1. The molecule has 1 unspecified atom stereocenters. The topological polar surface area (TPSA) is 6.48 Å². The van der Waals surface area contributed by atoms with E-state index >= 15 is 0 Å². The molecule has 0 spiro atoms. The second-order valence-electron chi connectivity index (χ2n) is 7.19. The lowest BCUT2D eigenvalue weighted by atomic mass is 8.73. The fourth-order valence-corrected chi connectivity index (χ4v) is 4.87. The second kappa shape index (κ2) is 6.32. The Balaban J connectivity index is 2.04. The summed E-state index contributed by atoms with van der Waals surface area (Å²) in [5, 5.41) is -0.435. The lowest BCUT2D eigenvalue weighted by molar-refractivity contribution is 0.755. The number of anilines is 2. The third-order valence-corrected chi connectivity index (χ3v) is 6.24. The van der Waals surface area contributed by atoms with Gasteiger partial charge in [0.25, 0.3) is 0 Å². The largest absolute Gasteiger partial charge is 0.396 e. The van der Waals surface area contributed by atoms with Crippen LogP contribution in [0.15, 0.2) is 24.3 Å². The van der Waals surface area contributed by atoms with E-state index in [1.54, 1.807) is 7.06 Å². The molecule has 1 aromatic carbocycles. The summed E-state index contributed by atoms with van der Waals surface area (Å²) >= 11 is 0. The van der Waals surface area contributed by atoms with Gasteiger partial charge < -0.3 is 9.71 Å². The molecule has 0 saturated carbocycles. The van der Waals surface area contributed by atoms with Crippen LogP contribution in [-0.2, 0) is 0 Å². The first-order valence-corrected chi connectivity index (χ1v) is 8.47. The molecular weight excluding hydrogens is 280 g/mol. The third-order valence-electron chi connectivity index (χ3n) is 6.24. The maximum absolute atomic E-state index is 6.25. The summed E-state index contributed by atoms with van der Waals surface area (Å²) in [7, 11) is 34.1. The van der Waals surface area contributed by atoms with Crippen molar-refractivity contribution in [3.8, 4) is 0 Å². The van der Waals surface area contributed by atoms with Crippen molar-refractivity contribution in [2.75, 3.05) is 16.8 Å². The quantitative estimate of drug-likeness (QED) is 0.644. The zero-order valence-corrected chi connectivity index (χ0v) is 14.6. The average molecular weight is 295 g/mol. The molecule has 24 heavy (non-hydrogen) atoms. The van der Waals surface area contributed by atoms with Crippen LogP contribution in [0.3, 0.4) is 0 Å². The van der Waals surface area contributed by atoms with Crippen molar-refractivity contribution in [1.82, 2.24) is 0 Å².